The van der Waals surface area contributed by atoms with Crippen molar-refractivity contribution in [3.05, 3.63) is 60.2 Å². The first-order valence-corrected chi connectivity index (χ1v) is 8.90. The quantitative estimate of drug-likeness (QED) is 0.740. The van der Waals surface area contributed by atoms with Crippen LogP contribution in [0.1, 0.15) is 18.4 Å². The molecule has 1 aliphatic rings. The molecule has 26 heavy (non-hydrogen) atoms. The van der Waals surface area contributed by atoms with Gasteiger partial charge in [0, 0.05) is 13.1 Å². The van der Waals surface area contributed by atoms with Crippen LogP contribution in [0, 0.1) is 5.92 Å². The van der Waals surface area contributed by atoms with E-state index in [2.05, 4.69) is 29.2 Å². The highest BCUT2D eigenvalue weighted by molar-refractivity contribution is 5.85. The van der Waals surface area contributed by atoms with Gasteiger partial charge in [0.2, 0.25) is 0 Å². The van der Waals surface area contributed by atoms with Gasteiger partial charge in [0.25, 0.3) is 0 Å². The second kappa shape index (κ2) is 10.3. The van der Waals surface area contributed by atoms with Crippen molar-refractivity contribution in [1.82, 2.24) is 4.90 Å². The molecular weight excluding hydrogens is 350 g/mol. The number of carbonyl (C=O) groups is 1. The Bertz CT molecular complexity index is 693. The summed E-state index contributed by atoms with van der Waals surface area (Å²) in [5.41, 5.74) is 3.57. The summed E-state index contributed by atoms with van der Waals surface area (Å²) in [4.78, 5) is 13.3. The number of carboxylic acid groups (broad SMARTS) is 1. The number of nitrogens with zero attached hydrogens (tertiary/aromatic N) is 1. The molecule has 1 unspecified atom stereocenters. The fourth-order valence-electron chi connectivity index (χ4n) is 3.38. The van der Waals surface area contributed by atoms with Crippen molar-refractivity contribution in [1.29, 1.82) is 0 Å². The molecule has 4 nitrogen and oxygen atoms in total. The average molecular weight is 376 g/mol. The van der Waals surface area contributed by atoms with E-state index in [0.717, 1.165) is 25.9 Å². The van der Waals surface area contributed by atoms with Gasteiger partial charge in [-0.3, -0.25) is 4.79 Å². The van der Waals surface area contributed by atoms with Gasteiger partial charge in [-0.15, -0.1) is 12.4 Å². The number of piperidine rings is 1. The first-order valence-electron chi connectivity index (χ1n) is 8.90. The van der Waals surface area contributed by atoms with E-state index in [1.54, 1.807) is 0 Å². The van der Waals surface area contributed by atoms with Gasteiger partial charge in [-0.1, -0.05) is 54.6 Å². The third kappa shape index (κ3) is 5.56. The van der Waals surface area contributed by atoms with Crippen molar-refractivity contribution in [2.45, 2.75) is 19.4 Å². The zero-order chi connectivity index (χ0) is 17.5. The summed E-state index contributed by atoms with van der Waals surface area (Å²) in [6, 6.07) is 18.6. The van der Waals surface area contributed by atoms with Crippen LogP contribution in [0.5, 0.6) is 0 Å². The van der Waals surface area contributed by atoms with Crippen LogP contribution >= 0.6 is 12.4 Å². The van der Waals surface area contributed by atoms with Gasteiger partial charge in [0.05, 0.1) is 19.1 Å². The van der Waals surface area contributed by atoms with Crippen LogP contribution in [0.3, 0.4) is 0 Å². The normalized spacial score (nSPS) is 17.5. The Kier molecular flexibility index (Phi) is 8.10. The van der Waals surface area contributed by atoms with E-state index in [-0.39, 0.29) is 18.3 Å². The van der Waals surface area contributed by atoms with Crippen molar-refractivity contribution >= 4 is 18.4 Å². The first kappa shape index (κ1) is 20.4. The van der Waals surface area contributed by atoms with Crippen LogP contribution in [-0.4, -0.2) is 42.2 Å². The molecule has 3 rings (SSSR count). The maximum Gasteiger partial charge on any atom is 0.307 e. The summed E-state index contributed by atoms with van der Waals surface area (Å²) < 4.78 is 5.89. The van der Waals surface area contributed by atoms with Gasteiger partial charge in [-0.25, -0.2) is 0 Å². The molecule has 1 fully saturated rings. The molecule has 0 spiro atoms. The topological polar surface area (TPSA) is 49.8 Å². The number of aliphatic carboxylic acids is 1. The Balaban J connectivity index is 0.00000243. The number of hydrogen-bond donors (Lipinski definition) is 1. The standard InChI is InChI=1S/C21H25NO3.ClH/c23-21(24)18-10-6-12-22(15-18)13-14-25-16-19-9-4-5-11-20(19)17-7-2-1-3-8-17;/h1-5,7-9,11,18H,6,10,12-16H2,(H,23,24);1H. The van der Waals surface area contributed by atoms with Crippen LogP contribution in [0.4, 0.5) is 0 Å². The summed E-state index contributed by atoms with van der Waals surface area (Å²) >= 11 is 0. The lowest BCUT2D eigenvalue weighted by Crippen LogP contribution is -2.40. The van der Waals surface area contributed by atoms with Crippen LogP contribution < -0.4 is 0 Å². The summed E-state index contributed by atoms with van der Waals surface area (Å²) in [5, 5.41) is 9.16. The van der Waals surface area contributed by atoms with E-state index < -0.39 is 5.97 Å². The molecule has 0 radical (unpaired) electrons. The summed E-state index contributed by atoms with van der Waals surface area (Å²) in [5.74, 6) is -0.907. The van der Waals surface area contributed by atoms with Gasteiger partial charge < -0.3 is 14.7 Å². The molecule has 1 atom stereocenters. The fraction of sp³-hybridized carbons (Fsp3) is 0.381. The number of hydrogen-bond acceptors (Lipinski definition) is 3. The SMILES string of the molecule is Cl.O=C(O)C1CCCN(CCOCc2ccccc2-c2ccccc2)C1. The Morgan fingerprint density at radius 1 is 1.12 bits per heavy atom. The van der Waals surface area contributed by atoms with Gasteiger partial charge >= 0.3 is 5.97 Å². The van der Waals surface area contributed by atoms with Gasteiger partial charge in [0.15, 0.2) is 0 Å². The number of ether oxygens (including phenoxy) is 1. The maximum absolute atomic E-state index is 11.1. The molecular formula is C21H26ClNO3. The van der Waals surface area contributed by atoms with Crippen molar-refractivity contribution in [2.75, 3.05) is 26.2 Å². The Labute approximate surface area is 161 Å². The minimum absolute atomic E-state index is 0. The summed E-state index contributed by atoms with van der Waals surface area (Å²) in [6.07, 6.45) is 1.74. The number of likely N-dealkylation sites (tertiary alicyclic amines) is 1. The lowest BCUT2D eigenvalue weighted by atomic mass is 9.98. The molecule has 0 aromatic heterocycles. The lowest BCUT2D eigenvalue weighted by molar-refractivity contribution is -0.143. The van der Waals surface area contributed by atoms with E-state index in [1.807, 2.05) is 30.3 Å². The summed E-state index contributed by atoms with van der Waals surface area (Å²) in [7, 11) is 0. The zero-order valence-electron chi connectivity index (χ0n) is 14.8. The van der Waals surface area contributed by atoms with Crippen molar-refractivity contribution in [3.63, 3.8) is 0 Å². The van der Waals surface area contributed by atoms with Crippen LogP contribution in [0.15, 0.2) is 54.6 Å². The predicted molar refractivity (Wildman–Crippen MR) is 106 cm³/mol. The van der Waals surface area contributed by atoms with Crippen molar-refractivity contribution in [2.24, 2.45) is 5.92 Å². The largest absolute Gasteiger partial charge is 0.481 e. The fourth-order valence-corrected chi connectivity index (χ4v) is 3.38. The van der Waals surface area contributed by atoms with E-state index in [0.29, 0.717) is 19.8 Å². The van der Waals surface area contributed by atoms with Gasteiger partial charge in [0.1, 0.15) is 0 Å². The highest BCUT2D eigenvalue weighted by atomic mass is 35.5. The molecule has 140 valence electrons. The molecule has 0 saturated carbocycles. The molecule has 2 aromatic rings. The molecule has 5 heteroatoms. The minimum atomic E-state index is -0.678. The molecule has 1 saturated heterocycles. The lowest BCUT2D eigenvalue weighted by Gasteiger charge is -2.30. The molecule has 0 bridgehead atoms. The zero-order valence-corrected chi connectivity index (χ0v) is 15.7. The van der Waals surface area contributed by atoms with Crippen molar-refractivity contribution < 1.29 is 14.6 Å². The average Bonchev–Trinajstić information content (AvgIpc) is 2.66. The van der Waals surface area contributed by atoms with E-state index >= 15 is 0 Å². The highest BCUT2D eigenvalue weighted by Gasteiger charge is 2.24. The molecule has 2 aromatic carbocycles. The van der Waals surface area contributed by atoms with Crippen molar-refractivity contribution in [3.8, 4) is 11.1 Å². The molecule has 0 amide bonds. The first-order chi connectivity index (χ1) is 12.2. The van der Waals surface area contributed by atoms with E-state index in [1.165, 1.54) is 16.7 Å². The number of halogens is 1. The molecule has 1 aliphatic heterocycles. The molecule has 1 N–H and O–H groups in total. The Hall–Kier alpha value is -1.88. The van der Waals surface area contributed by atoms with Crippen LogP contribution in [0.2, 0.25) is 0 Å². The highest BCUT2D eigenvalue weighted by Crippen LogP contribution is 2.24. The van der Waals surface area contributed by atoms with E-state index in [9.17, 15) is 4.79 Å². The number of benzene rings is 2. The molecule has 1 heterocycles. The Morgan fingerprint density at radius 2 is 1.85 bits per heavy atom. The van der Waals surface area contributed by atoms with E-state index in [4.69, 9.17) is 9.84 Å². The second-order valence-corrected chi connectivity index (χ2v) is 6.55. The third-order valence-corrected chi connectivity index (χ3v) is 4.77. The van der Waals surface area contributed by atoms with Gasteiger partial charge in [-0.05, 0) is 36.1 Å². The monoisotopic (exact) mass is 375 g/mol. The third-order valence-electron chi connectivity index (χ3n) is 4.77. The van der Waals surface area contributed by atoms with Gasteiger partial charge in [-0.2, -0.15) is 0 Å². The number of carboxylic acids is 1. The van der Waals surface area contributed by atoms with Crippen LogP contribution in [-0.2, 0) is 16.1 Å². The predicted octanol–water partition coefficient (Wildman–Crippen LogP) is 4.09. The Morgan fingerprint density at radius 3 is 2.62 bits per heavy atom. The second-order valence-electron chi connectivity index (χ2n) is 6.55. The smallest absolute Gasteiger partial charge is 0.307 e. The minimum Gasteiger partial charge on any atom is -0.481 e. The maximum atomic E-state index is 11.1. The summed E-state index contributed by atoms with van der Waals surface area (Å²) in [6.45, 7) is 3.58. The number of rotatable bonds is 7. The van der Waals surface area contributed by atoms with Crippen LogP contribution in [0.25, 0.3) is 11.1 Å². The molecule has 0 aliphatic carbocycles.